The van der Waals surface area contributed by atoms with Crippen molar-refractivity contribution in [2.45, 2.75) is 29.8 Å². The van der Waals surface area contributed by atoms with Gasteiger partial charge in [-0.15, -0.1) is 0 Å². The third-order valence-electron chi connectivity index (χ3n) is 6.17. The average molecular weight is 540 g/mol. The second kappa shape index (κ2) is 10.0. The fourth-order valence-electron chi connectivity index (χ4n) is 4.08. The summed E-state index contributed by atoms with van der Waals surface area (Å²) in [5.41, 5.74) is -5.60. The molecule has 14 heteroatoms. The van der Waals surface area contributed by atoms with Crippen LogP contribution in [0.1, 0.15) is 18.4 Å². The smallest absolute Gasteiger partial charge is 0.493 e. The quantitative estimate of drug-likeness (QED) is 0.493. The summed E-state index contributed by atoms with van der Waals surface area (Å²) in [5.74, 6) is -0.427. The molecular formula is C23H24F3N5O5S. The molecule has 1 aromatic carbocycles. The summed E-state index contributed by atoms with van der Waals surface area (Å²) in [7, 11) is -3.55. The summed E-state index contributed by atoms with van der Waals surface area (Å²) in [6.07, 6.45) is 4.10. The van der Waals surface area contributed by atoms with E-state index in [1.165, 1.54) is 6.20 Å². The SMILES string of the molecule is CN1CCC(C(=O)Nc2cc(Cn3cc(O)n(-c4ccc(S(=O)(=O)C(F)(F)F)cc4)c3=O)ccn2)CC1. The number of anilines is 1. The van der Waals surface area contributed by atoms with Crippen molar-refractivity contribution in [3.8, 4) is 11.6 Å². The zero-order valence-electron chi connectivity index (χ0n) is 19.6. The number of aromatic hydroxyl groups is 1. The largest absolute Gasteiger partial charge is 0.501 e. The number of alkyl halides is 3. The van der Waals surface area contributed by atoms with Crippen molar-refractivity contribution < 1.29 is 31.5 Å². The van der Waals surface area contributed by atoms with Gasteiger partial charge >= 0.3 is 11.2 Å². The molecule has 0 radical (unpaired) electrons. The molecular weight excluding hydrogens is 515 g/mol. The van der Waals surface area contributed by atoms with Crippen molar-refractivity contribution >= 4 is 21.6 Å². The van der Waals surface area contributed by atoms with Crippen LogP contribution < -0.4 is 11.0 Å². The molecule has 37 heavy (non-hydrogen) atoms. The highest BCUT2D eigenvalue weighted by molar-refractivity contribution is 7.92. The Labute approximate surface area is 209 Å². The minimum absolute atomic E-state index is 0.000453. The Hall–Kier alpha value is -3.65. The fraction of sp³-hybridized carbons (Fsp3) is 0.348. The number of sulfone groups is 1. The standard InChI is InChI=1S/C23H24F3N5O5S/c1-29-10-7-16(8-11-29)21(33)28-19-12-15(6-9-27-19)13-30-14-20(32)31(22(30)34)17-2-4-18(5-3-17)37(35,36)23(24,25)26/h2-6,9,12,14,16,32H,7-8,10-11,13H2,1H3,(H,27,28,33). The van der Waals surface area contributed by atoms with Gasteiger partial charge in [0.2, 0.25) is 11.8 Å². The Balaban J connectivity index is 1.51. The Bertz CT molecular complexity index is 1460. The highest BCUT2D eigenvalue weighted by atomic mass is 32.2. The minimum atomic E-state index is -5.55. The van der Waals surface area contributed by atoms with E-state index in [9.17, 15) is 36.3 Å². The van der Waals surface area contributed by atoms with Crippen molar-refractivity contribution in [2.75, 3.05) is 25.5 Å². The second-order valence-corrected chi connectivity index (χ2v) is 10.7. The number of pyridine rings is 1. The normalized spacial score (nSPS) is 15.6. The van der Waals surface area contributed by atoms with Crippen molar-refractivity contribution in [1.29, 1.82) is 0 Å². The van der Waals surface area contributed by atoms with Crippen LogP contribution in [0.3, 0.4) is 0 Å². The molecule has 1 fully saturated rings. The molecule has 1 aliphatic heterocycles. The number of nitrogens with zero attached hydrogens (tertiary/aromatic N) is 4. The van der Waals surface area contributed by atoms with Crippen LogP contribution in [0.15, 0.2) is 58.5 Å². The zero-order chi connectivity index (χ0) is 27.0. The first-order valence-corrected chi connectivity index (χ1v) is 12.7. The predicted molar refractivity (Wildman–Crippen MR) is 127 cm³/mol. The Morgan fingerprint density at radius 2 is 1.81 bits per heavy atom. The van der Waals surface area contributed by atoms with Gasteiger partial charge in [0, 0.05) is 12.1 Å². The van der Waals surface area contributed by atoms with Gasteiger partial charge in [0.25, 0.3) is 9.84 Å². The van der Waals surface area contributed by atoms with Crippen LogP contribution in [0.5, 0.6) is 5.88 Å². The van der Waals surface area contributed by atoms with Crippen LogP contribution in [0.2, 0.25) is 0 Å². The monoisotopic (exact) mass is 539 g/mol. The maximum atomic E-state index is 12.9. The van der Waals surface area contributed by atoms with E-state index in [0.717, 1.165) is 53.4 Å². The summed E-state index contributed by atoms with van der Waals surface area (Å²) in [4.78, 5) is 30.8. The van der Waals surface area contributed by atoms with Gasteiger partial charge in [-0.3, -0.25) is 9.36 Å². The van der Waals surface area contributed by atoms with Crippen LogP contribution >= 0.6 is 0 Å². The maximum absolute atomic E-state index is 12.9. The van der Waals surface area contributed by atoms with Gasteiger partial charge in [-0.2, -0.15) is 13.2 Å². The van der Waals surface area contributed by atoms with E-state index in [-0.39, 0.29) is 24.1 Å². The minimum Gasteiger partial charge on any atom is -0.493 e. The van der Waals surface area contributed by atoms with Gasteiger partial charge in [0.05, 0.1) is 23.3 Å². The highest BCUT2D eigenvalue weighted by Crippen LogP contribution is 2.30. The maximum Gasteiger partial charge on any atom is 0.501 e. The summed E-state index contributed by atoms with van der Waals surface area (Å²) in [6, 6.07) is 6.64. The Kier molecular flexibility index (Phi) is 7.15. The summed E-state index contributed by atoms with van der Waals surface area (Å²) >= 11 is 0. The lowest BCUT2D eigenvalue weighted by atomic mass is 9.96. The lowest BCUT2D eigenvalue weighted by Crippen LogP contribution is -2.36. The molecule has 0 spiro atoms. The average Bonchev–Trinajstić information content (AvgIpc) is 3.11. The van der Waals surface area contributed by atoms with Crippen LogP contribution in [0, 0.1) is 5.92 Å². The van der Waals surface area contributed by atoms with E-state index in [4.69, 9.17) is 0 Å². The molecule has 1 saturated heterocycles. The van der Waals surface area contributed by atoms with E-state index in [0.29, 0.717) is 23.5 Å². The number of imidazole rings is 1. The van der Waals surface area contributed by atoms with Gasteiger partial charge in [0.15, 0.2) is 0 Å². The first kappa shape index (κ1) is 26.4. The summed E-state index contributed by atoms with van der Waals surface area (Å²) < 4.78 is 63.4. The van der Waals surface area contributed by atoms with Crippen LogP contribution in [-0.2, 0) is 21.2 Å². The van der Waals surface area contributed by atoms with Crippen LogP contribution in [0.25, 0.3) is 5.69 Å². The fourth-order valence-corrected chi connectivity index (χ4v) is 4.84. The van der Waals surface area contributed by atoms with Gasteiger partial charge in [-0.05, 0) is 74.9 Å². The lowest BCUT2D eigenvalue weighted by molar-refractivity contribution is -0.121. The number of hydrogen-bond donors (Lipinski definition) is 2. The Morgan fingerprint density at radius 3 is 2.43 bits per heavy atom. The van der Waals surface area contributed by atoms with Crippen molar-refractivity contribution in [3.05, 3.63) is 64.8 Å². The number of aromatic nitrogens is 3. The molecule has 0 bridgehead atoms. The molecule has 0 saturated carbocycles. The molecule has 1 amide bonds. The summed E-state index contributed by atoms with van der Waals surface area (Å²) in [5, 5.41) is 13.1. The summed E-state index contributed by atoms with van der Waals surface area (Å²) in [6.45, 7) is 1.66. The number of piperidine rings is 1. The van der Waals surface area contributed by atoms with Crippen LogP contribution in [0.4, 0.5) is 19.0 Å². The molecule has 0 aliphatic carbocycles. The number of nitrogens with one attached hydrogen (secondary N) is 1. The van der Waals surface area contributed by atoms with Gasteiger partial charge in [0.1, 0.15) is 5.82 Å². The molecule has 198 valence electrons. The third kappa shape index (κ3) is 5.54. The first-order valence-electron chi connectivity index (χ1n) is 11.2. The number of benzene rings is 1. The zero-order valence-corrected chi connectivity index (χ0v) is 20.5. The van der Waals surface area contributed by atoms with Gasteiger partial charge in [-0.25, -0.2) is 22.8 Å². The number of rotatable bonds is 6. The highest BCUT2D eigenvalue weighted by Gasteiger charge is 2.46. The molecule has 4 rings (SSSR count). The number of hydrogen-bond acceptors (Lipinski definition) is 7. The number of carbonyl (C=O) groups is 1. The molecule has 10 nitrogen and oxygen atoms in total. The van der Waals surface area contributed by atoms with Crippen molar-refractivity contribution in [1.82, 2.24) is 19.0 Å². The predicted octanol–water partition coefficient (Wildman–Crippen LogP) is 2.36. The lowest BCUT2D eigenvalue weighted by Gasteiger charge is -2.27. The number of amides is 1. The number of halogens is 3. The first-order chi connectivity index (χ1) is 17.4. The van der Waals surface area contributed by atoms with Crippen molar-refractivity contribution in [3.63, 3.8) is 0 Å². The molecule has 1 aliphatic rings. The number of likely N-dealkylation sites (tertiary alicyclic amines) is 1. The van der Waals surface area contributed by atoms with Crippen LogP contribution in [-0.4, -0.2) is 64.1 Å². The molecule has 3 heterocycles. The van der Waals surface area contributed by atoms with E-state index in [1.807, 2.05) is 7.05 Å². The molecule has 0 atom stereocenters. The van der Waals surface area contributed by atoms with E-state index < -0.39 is 31.8 Å². The van der Waals surface area contributed by atoms with Gasteiger partial charge in [-0.1, -0.05) is 0 Å². The van der Waals surface area contributed by atoms with E-state index in [1.54, 1.807) is 12.1 Å². The molecule has 2 N–H and O–H groups in total. The molecule has 0 unspecified atom stereocenters. The molecule has 2 aromatic heterocycles. The number of carbonyl (C=O) groups excluding carboxylic acids is 1. The van der Waals surface area contributed by atoms with E-state index in [2.05, 4.69) is 15.2 Å². The van der Waals surface area contributed by atoms with Crippen molar-refractivity contribution in [2.24, 2.45) is 5.92 Å². The topological polar surface area (TPSA) is 127 Å². The Morgan fingerprint density at radius 1 is 1.16 bits per heavy atom. The molecule has 3 aromatic rings. The third-order valence-corrected chi connectivity index (χ3v) is 7.67. The second-order valence-electron chi connectivity index (χ2n) is 8.79. The van der Waals surface area contributed by atoms with E-state index >= 15 is 0 Å². The van der Waals surface area contributed by atoms with Gasteiger partial charge < -0.3 is 15.3 Å².